The van der Waals surface area contributed by atoms with Crippen LogP contribution in [0.3, 0.4) is 0 Å². The van der Waals surface area contributed by atoms with Gasteiger partial charge in [-0.25, -0.2) is 0 Å². The Kier molecular flexibility index (Phi) is 2.00. The molecule has 1 aromatic carbocycles. The van der Waals surface area contributed by atoms with E-state index >= 15 is 0 Å². The van der Waals surface area contributed by atoms with E-state index in [9.17, 15) is 5.11 Å². The quantitative estimate of drug-likeness (QED) is 0.612. The van der Waals surface area contributed by atoms with Crippen molar-refractivity contribution in [1.29, 1.82) is 0 Å². The first-order chi connectivity index (χ1) is 6.59. The van der Waals surface area contributed by atoms with Crippen molar-refractivity contribution in [2.24, 2.45) is 0 Å². The van der Waals surface area contributed by atoms with Crippen LogP contribution in [0, 0.1) is 0 Å². The van der Waals surface area contributed by atoms with Crippen molar-refractivity contribution in [2.45, 2.75) is 12.5 Å². The molecule has 4 heteroatoms. The van der Waals surface area contributed by atoms with Crippen LogP contribution in [0.1, 0.15) is 6.92 Å². The van der Waals surface area contributed by atoms with Crippen LogP contribution in [0.2, 0.25) is 0 Å². The van der Waals surface area contributed by atoms with Gasteiger partial charge in [0.15, 0.2) is 11.5 Å². The maximum atomic E-state index is 9.24. The lowest BCUT2D eigenvalue weighted by molar-refractivity contribution is 0.0346. The number of ether oxygens (including phenoxy) is 1. The minimum atomic E-state index is -0.191. The second-order valence-electron chi connectivity index (χ2n) is 3.81. The largest absolute Gasteiger partial charge is 0.504 e. The summed E-state index contributed by atoms with van der Waals surface area (Å²) in [5.74, 6) is 0.289. The van der Waals surface area contributed by atoms with E-state index in [0.29, 0.717) is 5.75 Å². The molecular weight excluding hydrogens is 182 g/mol. The maximum Gasteiger partial charge on any atom is 0.161 e. The van der Waals surface area contributed by atoms with E-state index in [1.807, 2.05) is 6.92 Å². The van der Waals surface area contributed by atoms with Crippen LogP contribution in [0.4, 0.5) is 0 Å². The van der Waals surface area contributed by atoms with Gasteiger partial charge in [-0.3, -0.25) is 0 Å². The summed E-state index contributed by atoms with van der Waals surface area (Å²) >= 11 is 0. The molecule has 76 valence electrons. The summed E-state index contributed by atoms with van der Waals surface area (Å²) in [6.07, 6.45) is 0. The first-order valence-electron chi connectivity index (χ1n) is 4.51. The average Bonchev–Trinajstić information content (AvgIpc) is 2.09. The van der Waals surface area contributed by atoms with Gasteiger partial charge in [-0.2, -0.15) is 0 Å². The number of nitrogens with one attached hydrogen (secondary N) is 1. The molecule has 0 radical (unpaired) electrons. The molecule has 1 aliphatic rings. The van der Waals surface area contributed by atoms with Crippen LogP contribution in [0.5, 0.6) is 17.2 Å². The summed E-state index contributed by atoms with van der Waals surface area (Å²) in [4.78, 5) is 0. The lowest BCUT2D eigenvalue weighted by atomic mass is 10.00. The minimum absolute atomic E-state index is 0.130. The predicted molar refractivity (Wildman–Crippen MR) is 51.7 cm³/mol. The summed E-state index contributed by atoms with van der Waals surface area (Å²) in [6, 6.07) is 4.47. The number of benzene rings is 1. The molecule has 1 fully saturated rings. The van der Waals surface area contributed by atoms with Gasteiger partial charge in [-0.15, -0.1) is 0 Å². The third-order valence-electron chi connectivity index (χ3n) is 2.31. The van der Waals surface area contributed by atoms with Crippen molar-refractivity contribution in [2.75, 3.05) is 13.1 Å². The minimum Gasteiger partial charge on any atom is -0.504 e. The van der Waals surface area contributed by atoms with Crippen molar-refractivity contribution >= 4 is 0 Å². The number of rotatable bonds is 2. The normalized spacial score (nSPS) is 18.6. The SMILES string of the molecule is CC1(Oc2ccc(O)c(O)c2)CNC1. The van der Waals surface area contributed by atoms with E-state index < -0.39 is 0 Å². The number of phenolic OH excluding ortho intramolecular Hbond substituents is 2. The van der Waals surface area contributed by atoms with E-state index in [2.05, 4.69) is 5.32 Å². The summed E-state index contributed by atoms with van der Waals surface area (Å²) < 4.78 is 5.64. The molecule has 0 saturated carbocycles. The third-order valence-corrected chi connectivity index (χ3v) is 2.31. The Bertz CT molecular complexity index is 347. The van der Waals surface area contributed by atoms with E-state index in [4.69, 9.17) is 9.84 Å². The molecule has 0 atom stereocenters. The zero-order chi connectivity index (χ0) is 10.2. The molecule has 0 spiro atoms. The monoisotopic (exact) mass is 195 g/mol. The Morgan fingerprint density at radius 1 is 1.29 bits per heavy atom. The number of aromatic hydroxyl groups is 2. The molecule has 14 heavy (non-hydrogen) atoms. The van der Waals surface area contributed by atoms with Gasteiger partial charge in [0.05, 0.1) is 0 Å². The van der Waals surface area contributed by atoms with Crippen LogP contribution in [0.15, 0.2) is 18.2 Å². The van der Waals surface area contributed by atoms with Crippen LogP contribution in [-0.4, -0.2) is 28.9 Å². The zero-order valence-corrected chi connectivity index (χ0v) is 7.95. The summed E-state index contributed by atoms with van der Waals surface area (Å²) in [7, 11) is 0. The molecule has 1 saturated heterocycles. The standard InChI is InChI=1S/C10H13NO3/c1-10(5-11-6-10)14-7-2-3-8(12)9(13)4-7/h2-4,11-13H,5-6H2,1H3. The Hall–Kier alpha value is -1.42. The van der Waals surface area contributed by atoms with Crippen LogP contribution < -0.4 is 10.1 Å². The molecule has 1 aliphatic heterocycles. The number of phenols is 2. The zero-order valence-electron chi connectivity index (χ0n) is 7.95. The second kappa shape index (κ2) is 3.06. The van der Waals surface area contributed by atoms with Gasteiger partial charge in [0.1, 0.15) is 11.4 Å². The lowest BCUT2D eigenvalue weighted by Gasteiger charge is -2.39. The smallest absolute Gasteiger partial charge is 0.161 e. The lowest BCUT2D eigenvalue weighted by Crippen LogP contribution is -2.60. The van der Waals surface area contributed by atoms with Gasteiger partial charge in [-0.1, -0.05) is 0 Å². The van der Waals surface area contributed by atoms with Crippen LogP contribution in [0.25, 0.3) is 0 Å². The van der Waals surface area contributed by atoms with Crippen molar-refractivity contribution < 1.29 is 14.9 Å². The van der Waals surface area contributed by atoms with Crippen molar-refractivity contribution in [3.05, 3.63) is 18.2 Å². The summed E-state index contributed by atoms with van der Waals surface area (Å²) in [5, 5.41) is 21.4. The fourth-order valence-corrected chi connectivity index (χ4v) is 1.40. The molecule has 0 amide bonds. The van der Waals surface area contributed by atoms with Crippen molar-refractivity contribution in [3.8, 4) is 17.2 Å². The highest BCUT2D eigenvalue weighted by atomic mass is 16.5. The molecule has 0 unspecified atom stereocenters. The molecule has 2 rings (SSSR count). The Balaban J connectivity index is 2.13. The van der Waals surface area contributed by atoms with Gasteiger partial charge in [0, 0.05) is 19.2 Å². The van der Waals surface area contributed by atoms with E-state index in [1.165, 1.54) is 12.1 Å². The average molecular weight is 195 g/mol. The number of hydrogen-bond donors (Lipinski definition) is 3. The Morgan fingerprint density at radius 3 is 2.50 bits per heavy atom. The summed E-state index contributed by atoms with van der Waals surface area (Å²) in [6.45, 7) is 3.59. The van der Waals surface area contributed by atoms with E-state index in [0.717, 1.165) is 13.1 Å². The molecule has 3 N–H and O–H groups in total. The van der Waals surface area contributed by atoms with Gasteiger partial charge >= 0.3 is 0 Å². The highest BCUT2D eigenvalue weighted by Gasteiger charge is 2.33. The first-order valence-corrected chi connectivity index (χ1v) is 4.51. The van der Waals surface area contributed by atoms with Gasteiger partial charge < -0.3 is 20.3 Å². The molecule has 1 heterocycles. The Labute approximate surface area is 82.1 Å². The van der Waals surface area contributed by atoms with Gasteiger partial charge in [0.2, 0.25) is 0 Å². The topological polar surface area (TPSA) is 61.7 Å². The van der Waals surface area contributed by atoms with E-state index in [-0.39, 0.29) is 17.1 Å². The molecule has 0 aromatic heterocycles. The van der Waals surface area contributed by atoms with Crippen LogP contribution in [-0.2, 0) is 0 Å². The van der Waals surface area contributed by atoms with Crippen molar-refractivity contribution in [1.82, 2.24) is 5.32 Å². The van der Waals surface area contributed by atoms with Crippen molar-refractivity contribution in [3.63, 3.8) is 0 Å². The number of hydrogen-bond acceptors (Lipinski definition) is 4. The van der Waals surface area contributed by atoms with Gasteiger partial charge in [-0.05, 0) is 19.1 Å². The third kappa shape index (κ3) is 1.61. The summed E-state index contributed by atoms with van der Waals surface area (Å²) in [5.41, 5.74) is -0.191. The highest BCUT2D eigenvalue weighted by Crippen LogP contribution is 2.31. The Morgan fingerprint density at radius 2 is 2.00 bits per heavy atom. The molecule has 1 aromatic rings. The maximum absolute atomic E-state index is 9.24. The molecule has 0 bridgehead atoms. The fourth-order valence-electron chi connectivity index (χ4n) is 1.40. The first kappa shape index (κ1) is 9.15. The van der Waals surface area contributed by atoms with E-state index in [1.54, 1.807) is 6.07 Å². The molecule has 0 aliphatic carbocycles. The molecule has 4 nitrogen and oxygen atoms in total. The van der Waals surface area contributed by atoms with Crippen LogP contribution >= 0.6 is 0 Å². The highest BCUT2D eigenvalue weighted by molar-refractivity contribution is 5.43. The second-order valence-corrected chi connectivity index (χ2v) is 3.81. The van der Waals surface area contributed by atoms with Gasteiger partial charge in [0.25, 0.3) is 0 Å². The predicted octanol–water partition coefficient (Wildman–Crippen LogP) is 0.838. The fraction of sp³-hybridized carbons (Fsp3) is 0.400. The molecular formula is C10H13NO3.